The first-order valence-corrected chi connectivity index (χ1v) is 8.37. The number of halogens is 1. The Kier molecular flexibility index (Phi) is 5.65. The van der Waals surface area contributed by atoms with Gasteiger partial charge in [0.2, 0.25) is 5.88 Å². The topological polar surface area (TPSA) is 104 Å². The fourth-order valence-corrected chi connectivity index (χ4v) is 2.73. The van der Waals surface area contributed by atoms with Gasteiger partial charge in [-0.2, -0.15) is 0 Å². The predicted octanol–water partition coefficient (Wildman–Crippen LogP) is 3.45. The van der Waals surface area contributed by atoms with Crippen LogP contribution in [0.15, 0.2) is 36.5 Å². The van der Waals surface area contributed by atoms with Gasteiger partial charge in [0, 0.05) is 25.1 Å². The summed E-state index contributed by atoms with van der Waals surface area (Å²) in [5.41, 5.74) is 0.0769. The summed E-state index contributed by atoms with van der Waals surface area (Å²) in [6, 6.07) is 7.31. The Morgan fingerprint density at radius 2 is 2.08 bits per heavy atom. The average Bonchev–Trinajstić information content (AvgIpc) is 2.64. The van der Waals surface area contributed by atoms with E-state index in [-0.39, 0.29) is 33.9 Å². The maximum Gasteiger partial charge on any atom is 0.292 e. The second-order valence-corrected chi connectivity index (χ2v) is 6.08. The van der Waals surface area contributed by atoms with E-state index >= 15 is 0 Å². The van der Waals surface area contributed by atoms with Crippen LogP contribution in [0.5, 0.6) is 5.88 Å². The molecule has 0 radical (unpaired) electrons. The van der Waals surface area contributed by atoms with E-state index in [2.05, 4.69) is 10.3 Å². The number of para-hydroxylation sites is 2. The number of nitrogens with one attached hydrogen (secondary N) is 1. The van der Waals surface area contributed by atoms with Crippen molar-refractivity contribution >= 4 is 28.9 Å². The van der Waals surface area contributed by atoms with Gasteiger partial charge in [0.25, 0.3) is 11.6 Å². The number of rotatable bonds is 5. The van der Waals surface area contributed by atoms with E-state index in [0.717, 1.165) is 12.8 Å². The molecule has 0 spiro atoms. The Morgan fingerprint density at radius 1 is 1.35 bits per heavy atom. The van der Waals surface area contributed by atoms with E-state index in [1.54, 1.807) is 6.07 Å². The van der Waals surface area contributed by atoms with Crippen LogP contribution in [-0.4, -0.2) is 35.1 Å². The van der Waals surface area contributed by atoms with E-state index in [1.807, 2.05) is 0 Å². The molecule has 9 heteroatoms. The number of carbonyl (C=O) groups excluding carboxylic acids is 1. The molecular formula is C17H16ClN3O5. The van der Waals surface area contributed by atoms with Gasteiger partial charge in [-0.05, 0) is 12.1 Å². The molecule has 1 aliphatic rings. The first-order chi connectivity index (χ1) is 12.5. The number of nitrogens with zero attached hydrogens (tertiary/aromatic N) is 2. The van der Waals surface area contributed by atoms with Crippen LogP contribution in [0, 0.1) is 10.1 Å². The van der Waals surface area contributed by atoms with Gasteiger partial charge < -0.3 is 14.8 Å². The van der Waals surface area contributed by atoms with Crippen molar-refractivity contribution < 1.29 is 19.2 Å². The SMILES string of the molecule is O=C(Nc1ccccc1[N+](=O)[O-])c1cnc(OC2CCOCC2)c(Cl)c1. The van der Waals surface area contributed by atoms with Crippen molar-refractivity contribution in [2.24, 2.45) is 0 Å². The van der Waals surface area contributed by atoms with Crippen LogP contribution >= 0.6 is 11.6 Å². The Balaban J connectivity index is 1.72. The summed E-state index contributed by atoms with van der Waals surface area (Å²) < 4.78 is 11.0. The molecule has 1 N–H and O–H groups in total. The molecular weight excluding hydrogens is 362 g/mol. The lowest BCUT2D eigenvalue weighted by Gasteiger charge is -2.23. The summed E-state index contributed by atoms with van der Waals surface area (Å²) in [6.07, 6.45) is 2.79. The number of ether oxygens (including phenoxy) is 2. The zero-order chi connectivity index (χ0) is 18.5. The van der Waals surface area contributed by atoms with E-state index in [9.17, 15) is 14.9 Å². The quantitative estimate of drug-likeness (QED) is 0.632. The molecule has 1 amide bonds. The molecule has 0 aliphatic carbocycles. The minimum absolute atomic E-state index is 0.0274. The second-order valence-electron chi connectivity index (χ2n) is 5.67. The van der Waals surface area contributed by atoms with Gasteiger partial charge in [0.1, 0.15) is 16.8 Å². The summed E-state index contributed by atoms with van der Waals surface area (Å²) in [7, 11) is 0. The highest BCUT2D eigenvalue weighted by molar-refractivity contribution is 6.32. The molecule has 0 unspecified atom stereocenters. The highest BCUT2D eigenvalue weighted by Crippen LogP contribution is 2.27. The number of nitro groups is 1. The zero-order valence-corrected chi connectivity index (χ0v) is 14.4. The molecule has 1 aliphatic heterocycles. The number of hydrogen-bond donors (Lipinski definition) is 1. The molecule has 1 aromatic carbocycles. The van der Waals surface area contributed by atoms with E-state index in [4.69, 9.17) is 21.1 Å². The molecule has 136 valence electrons. The third-order valence-electron chi connectivity index (χ3n) is 3.87. The molecule has 1 aromatic heterocycles. The molecule has 3 rings (SSSR count). The maximum atomic E-state index is 12.4. The van der Waals surface area contributed by atoms with Crippen molar-refractivity contribution in [1.29, 1.82) is 0 Å². The molecule has 0 bridgehead atoms. The number of pyridine rings is 1. The van der Waals surface area contributed by atoms with Crippen molar-refractivity contribution in [3.05, 3.63) is 57.2 Å². The van der Waals surface area contributed by atoms with Crippen molar-refractivity contribution in [2.75, 3.05) is 18.5 Å². The molecule has 26 heavy (non-hydrogen) atoms. The lowest BCUT2D eigenvalue weighted by molar-refractivity contribution is -0.383. The highest BCUT2D eigenvalue weighted by Gasteiger charge is 2.20. The van der Waals surface area contributed by atoms with Crippen LogP contribution in [0.3, 0.4) is 0 Å². The Labute approximate surface area is 154 Å². The van der Waals surface area contributed by atoms with E-state index in [1.165, 1.54) is 30.5 Å². The molecule has 2 heterocycles. The van der Waals surface area contributed by atoms with Gasteiger partial charge >= 0.3 is 0 Å². The number of anilines is 1. The minimum Gasteiger partial charge on any atom is -0.473 e. The third-order valence-corrected chi connectivity index (χ3v) is 4.14. The van der Waals surface area contributed by atoms with Crippen LogP contribution in [-0.2, 0) is 4.74 Å². The van der Waals surface area contributed by atoms with Gasteiger partial charge in [0.05, 0.1) is 23.7 Å². The standard InChI is InChI=1S/C17H16ClN3O5/c18-13-9-11(10-19-17(13)26-12-5-7-25-8-6-12)16(22)20-14-3-1-2-4-15(14)21(23)24/h1-4,9-10,12H,5-8H2,(H,20,22). The second kappa shape index (κ2) is 8.11. The smallest absolute Gasteiger partial charge is 0.292 e. The number of hydrogen-bond acceptors (Lipinski definition) is 6. The average molecular weight is 378 g/mol. The largest absolute Gasteiger partial charge is 0.473 e. The lowest BCUT2D eigenvalue weighted by Crippen LogP contribution is -2.26. The van der Waals surface area contributed by atoms with Crippen LogP contribution in [0.2, 0.25) is 5.02 Å². The van der Waals surface area contributed by atoms with Crippen LogP contribution < -0.4 is 10.1 Å². The molecule has 0 saturated carbocycles. The number of nitro benzene ring substituents is 1. The van der Waals surface area contributed by atoms with Crippen LogP contribution in [0.1, 0.15) is 23.2 Å². The molecule has 1 saturated heterocycles. The molecule has 8 nitrogen and oxygen atoms in total. The number of carbonyl (C=O) groups is 1. The Hall–Kier alpha value is -2.71. The van der Waals surface area contributed by atoms with Crippen LogP contribution in [0.25, 0.3) is 0 Å². The molecule has 0 atom stereocenters. The fraction of sp³-hybridized carbons (Fsp3) is 0.294. The number of amides is 1. The summed E-state index contributed by atoms with van der Waals surface area (Å²) >= 11 is 6.17. The van der Waals surface area contributed by atoms with Gasteiger partial charge in [-0.1, -0.05) is 23.7 Å². The number of aromatic nitrogens is 1. The van der Waals surface area contributed by atoms with Gasteiger partial charge in [-0.25, -0.2) is 4.98 Å². The first kappa shape index (κ1) is 18.1. The summed E-state index contributed by atoms with van der Waals surface area (Å²) in [5, 5.41) is 13.7. The summed E-state index contributed by atoms with van der Waals surface area (Å²) in [6.45, 7) is 1.25. The van der Waals surface area contributed by atoms with Crippen molar-refractivity contribution in [3.63, 3.8) is 0 Å². The summed E-state index contributed by atoms with van der Waals surface area (Å²) in [4.78, 5) is 26.9. The third kappa shape index (κ3) is 4.27. The molecule has 1 fully saturated rings. The van der Waals surface area contributed by atoms with E-state index in [0.29, 0.717) is 13.2 Å². The van der Waals surface area contributed by atoms with Crippen LogP contribution in [0.4, 0.5) is 11.4 Å². The van der Waals surface area contributed by atoms with Crippen molar-refractivity contribution in [1.82, 2.24) is 4.98 Å². The maximum absolute atomic E-state index is 12.4. The zero-order valence-electron chi connectivity index (χ0n) is 13.7. The first-order valence-electron chi connectivity index (χ1n) is 7.99. The lowest BCUT2D eigenvalue weighted by atomic mass is 10.1. The van der Waals surface area contributed by atoms with E-state index < -0.39 is 10.8 Å². The number of benzene rings is 1. The Morgan fingerprint density at radius 3 is 2.77 bits per heavy atom. The molecule has 2 aromatic rings. The van der Waals surface area contributed by atoms with Crippen molar-refractivity contribution in [2.45, 2.75) is 18.9 Å². The predicted molar refractivity (Wildman–Crippen MR) is 94.8 cm³/mol. The monoisotopic (exact) mass is 377 g/mol. The van der Waals surface area contributed by atoms with Gasteiger partial charge in [-0.15, -0.1) is 0 Å². The minimum atomic E-state index is -0.564. The highest BCUT2D eigenvalue weighted by atomic mass is 35.5. The summed E-state index contributed by atoms with van der Waals surface area (Å²) in [5.74, 6) is -0.299. The normalized spacial score (nSPS) is 14.7. The Bertz CT molecular complexity index is 824. The van der Waals surface area contributed by atoms with Crippen molar-refractivity contribution in [3.8, 4) is 5.88 Å². The fourth-order valence-electron chi connectivity index (χ4n) is 2.52. The van der Waals surface area contributed by atoms with Gasteiger partial charge in [0.15, 0.2) is 0 Å². The van der Waals surface area contributed by atoms with Gasteiger partial charge in [-0.3, -0.25) is 14.9 Å².